The summed E-state index contributed by atoms with van der Waals surface area (Å²) in [5.41, 5.74) is 0.964. The van der Waals surface area contributed by atoms with Gasteiger partial charge < -0.3 is 14.9 Å². The minimum absolute atomic E-state index is 0.0378. The molecule has 6 nitrogen and oxygen atoms in total. The summed E-state index contributed by atoms with van der Waals surface area (Å²) in [7, 11) is 3.90. The number of aromatic nitrogens is 1. The predicted octanol–water partition coefficient (Wildman–Crippen LogP) is 3.11. The van der Waals surface area contributed by atoms with E-state index in [0.29, 0.717) is 29.2 Å². The summed E-state index contributed by atoms with van der Waals surface area (Å²) in [4.78, 5) is 33.4. The maximum absolute atomic E-state index is 12.8. The van der Waals surface area contributed by atoms with Crippen LogP contribution in [0.25, 0.3) is 5.76 Å². The first kappa shape index (κ1) is 20.0. The second kappa shape index (κ2) is 8.54. The molecule has 1 aromatic heterocycles. The van der Waals surface area contributed by atoms with Crippen LogP contribution >= 0.6 is 11.6 Å². The largest absolute Gasteiger partial charge is 0.507 e. The number of carbonyl (C=O) groups excluding carboxylic acids is 2. The van der Waals surface area contributed by atoms with E-state index in [1.165, 1.54) is 4.90 Å². The Hall–Kier alpha value is -2.70. The third-order valence-electron chi connectivity index (χ3n) is 4.61. The van der Waals surface area contributed by atoms with Gasteiger partial charge in [0.25, 0.3) is 11.7 Å². The second-order valence-corrected chi connectivity index (χ2v) is 7.35. The number of halogens is 1. The third kappa shape index (κ3) is 4.08. The van der Waals surface area contributed by atoms with Crippen molar-refractivity contribution in [3.05, 3.63) is 70.5 Å². The Labute approximate surface area is 169 Å². The van der Waals surface area contributed by atoms with Crippen molar-refractivity contribution in [2.75, 3.05) is 27.2 Å². The Morgan fingerprint density at radius 1 is 1.21 bits per heavy atom. The standard InChI is InChI=1S/C21H22ClN3O3/c1-24(2)11-6-12-25-18(16-9-3-4-10-23-16)17(20(27)21(25)28)19(26)14-7-5-8-15(22)13-14/h3-5,7-10,13,18,26H,6,11-12H2,1-2H3/b19-17-. The van der Waals surface area contributed by atoms with Crippen LogP contribution in [0.1, 0.15) is 23.7 Å². The molecule has 1 aromatic carbocycles. The normalized spacial score (nSPS) is 18.9. The van der Waals surface area contributed by atoms with Crippen molar-refractivity contribution in [2.24, 2.45) is 0 Å². The molecular formula is C21H22ClN3O3. The maximum atomic E-state index is 12.8. The van der Waals surface area contributed by atoms with Crippen LogP contribution < -0.4 is 0 Å². The van der Waals surface area contributed by atoms with Crippen molar-refractivity contribution < 1.29 is 14.7 Å². The Balaban J connectivity index is 2.07. The van der Waals surface area contributed by atoms with Gasteiger partial charge in [-0.05, 0) is 51.3 Å². The molecule has 1 unspecified atom stereocenters. The van der Waals surface area contributed by atoms with Crippen LogP contribution in [-0.2, 0) is 9.59 Å². The van der Waals surface area contributed by atoms with E-state index in [-0.39, 0.29) is 11.3 Å². The first-order chi connectivity index (χ1) is 13.4. The van der Waals surface area contributed by atoms with Gasteiger partial charge in [-0.25, -0.2) is 0 Å². The van der Waals surface area contributed by atoms with Gasteiger partial charge in [-0.15, -0.1) is 0 Å². The molecule has 0 radical (unpaired) electrons. The minimum atomic E-state index is -0.734. The van der Waals surface area contributed by atoms with E-state index in [1.54, 1.807) is 48.7 Å². The molecule has 0 saturated carbocycles. The smallest absolute Gasteiger partial charge is 0.295 e. The number of carbonyl (C=O) groups is 2. The molecule has 1 N–H and O–H groups in total. The number of pyridine rings is 1. The topological polar surface area (TPSA) is 73.7 Å². The van der Waals surface area contributed by atoms with E-state index >= 15 is 0 Å². The molecular weight excluding hydrogens is 378 g/mol. The number of nitrogens with zero attached hydrogens (tertiary/aromatic N) is 3. The SMILES string of the molecule is CN(C)CCCN1C(=O)C(=O)/C(=C(\O)c2cccc(Cl)c2)C1c1ccccn1. The highest BCUT2D eigenvalue weighted by Gasteiger charge is 2.46. The fourth-order valence-electron chi connectivity index (χ4n) is 3.30. The van der Waals surface area contributed by atoms with Crippen molar-refractivity contribution in [1.82, 2.24) is 14.8 Å². The maximum Gasteiger partial charge on any atom is 0.295 e. The molecule has 1 atom stereocenters. The average molecular weight is 400 g/mol. The number of benzene rings is 1. The zero-order valence-corrected chi connectivity index (χ0v) is 16.6. The number of aliphatic hydroxyl groups is 1. The molecule has 146 valence electrons. The monoisotopic (exact) mass is 399 g/mol. The van der Waals surface area contributed by atoms with Gasteiger partial charge in [0, 0.05) is 23.3 Å². The van der Waals surface area contributed by atoms with Crippen LogP contribution in [0.15, 0.2) is 54.2 Å². The quantitative estimate of drug-likeness (QED) is 0.459. The summed E-state index contributed by atoms with van der Waals surface area (Å²) >= 11 is 6.03. The fraction of sp³-hybridized carbons (Fsp3) is 0.286. The van der Waals surface area contributed by atoms with Crippen molar-refractivity contribution in [3.63, 3.8) is 0 Å². The van der Waals surface area contributed by atoms with Crippen LogP contribution in [0.5, 0.6) is 0 Å². The van der Waals surface area contributed by atoms with E-state index in [2.05, 4.69) is 4.98 Å². The first-order valence-corrected chi connectivity index (χ1v) is 9.38. The van der Waals surface area contributed by atoms with Gasteiger partial charge >= 0.3 is 0 Å². The molecule has 1 fully saturated rings. The highest BCUT2D eigenvalue weighted by Crippen LogP contribution is 2.38. The van der Waals surface area contributed by atoms with Crippen LogP contribution in [0, 0.1) is 0 Å². The van der Waals surface area contributed by atoms with Crippen molar-refractivity contribution >= 4 is 29.1 Å². The van der Waals surface area contributed by atoms with E-state index in [0.717, 1.165) is 6.54 Å². The number of rotatable bonds is 6. The predicted molar refractivity (Wildman–Crippen MR) is 108 cm³/mol. The molecule has 1 aliphatic heterocycles. The zero-order valence-electron chi connectivity index (χ0n) is 15.8. The molecule has 1 aliphatic rings. The van der Waals surface area contributed by atoms with Crippen LogP contribution in [-0.4, -0.2) is 58.8 Å². The van der Waals surface area contributed by atoms with Crippen molar-refractivity contribution in [3.8, 4) is 0 Å². The molecule has 0 spiro atoms. The van der Waals surface area contributed by atoms with Crippen LogP contribution in [0.3, 0.4) is 0 Å². The third-order valence-corrected chi connectivity index (χ3v) is 4.85. The van der Waals surface area contributed by atoms with E-state index < -0.39 is 17.7 Å². The number of aliphatic hydroxyl groups excluding tert-OH is 1. The van der Waals surface area contributed by atoms with Gasteiger partial charge in [-0.3, -0.25) is 14.6 Å². The van der Waals surface area contributed by atoms with E-state index in [1.807, 2.05) is 19.0 Å². The minimum Gasteiger partial charge on any atom is -0.507 e. The van der Waals surface area contributed by atoms with Gasteiger partial charge in [-0.1, -0.05) is 29.8 Å². The molecule has 2 heterocycles. The number of ketones is 1. The molecule has 2 aromatic rings. The van der Waals surface area contributed by atoms with Gasteiger partial charge in [0.2, 0.25) is 0 Å². The number of amides is 1. The molecule has 3 rings (SSSR count). The number of Topliss-reactive ketones (excluding diaryl/α,β-unsaturated/α-hetero) is 1. The summed E-state index contributed by atoms with van der Waals surface area (Å²) in [6.45, 7) is 1.16. The summed E-state index contributed by atoms with van der Waals surface area (Å²) in [5.74, 6) is -1.58. The number of hydrogen-bond acceptors (Lipinski definition) is 5. The Morgan fingerprint density at radius 2 is 2.00 bits per heavy atom. The Kier molecular flexibility index (Phi) is 6.11. The van der Waals surface area contributed by atoms with Gasteiger partial charge in [0.05, 0.1) is 11.3 Å². The lowest BCUT2D eigenvalue weighted by molar-refractivity contribution is -0.140. The molecule has 0 aliphatic carbocycles. The fourth-order valence-corrected chi connectivity index (χ4v) is 3.49. The summed E-state index contributed by atoms with van der Waals surface area (Å²) in [6, 6.07) is 11.1. The number of likely N-dealkylation sites (tertiary alicyclic amines) is 1. The Morgan fingerprint density at radius 3 is 2.64 bits per heavy atom. The molecule has 0 bridgehead atoms. The Bertz CT molecular complexity index is 912. The summed E-state index contributed by atoms with van der Waals surface area (Å²) in [5, 5.41) is 11.3. The second-order valence-electron chi connectivity index (χ2n) is 6.91. The van der Waals surface area contributed by atoms with Crippen LogP contribution in [0.4, 0.5) is 0 Å². The molecule has 1 saturated heterocycles. The lowest BCUT2D eigenvalue weighted by Crippen LogP contribution is -2.32. The average Bonchev–Trinajstić information content (AvgIpc) is 2.93. The molecule has 28 heavy (non-hydrogen) atoms. The van der Waals surface area contributed by atoms with E-state index in [4.69, 9.17) is 11.6 Å². The first-order valence-electron chi connectivity index (χ1n) is 9.00. The van der Waals surface area contributed by atoms with Gasteiger partial charge in [0.1, 0.15) is 11.8 Å². The zero-order chi connectivity index (χ0) is 20.3. The molecule has 7 heteroatoms. The van der Waals surface area contributed by atoms with Crippen molar-refractivity contribution in [1.29, 1.82) is 0 Å². The van der Waals surface area contributed by atoms with E-state index in [9.17, 15) is 14.7 Å². The summed E-state index contributed by atoms with van der Waals surface area (Å²) in [6.07, 6.45) is 2.30. The van der Waals surface area contributed by atoms with Gasteiger partial charge in [-0.2, -0.15) is 0 Å². The van der Waals surface area contributed by atoms with Crippen molar-refractivity contribution in [2.45, 2.75) is 12.5 Å². The lowest BCUT2D eigenvalue weighted by atomic mass is 9.98. The van der Waals surface area contributed by atoms with Crippen LogP contribution in [0.2, 0.25) is 5.02 Å². The highest BCUT2D eigenvalue weighted by atomic mass is 35.5. The van der Waals surface area contributed by atoms with Gasteiger partial charge in [0.15, 0.2) is 0 Å². The summed E-state index contributed by atoms with van der Waals surface area (Å²) < 4.78 is 0. The number of hydrogen-bond donors (Lipinski definition) is 1. The lowest BCUT2D eigenvalue weighted by Gasteiger charge is -2.25. The molecule has 1 amide bonds. The highest BCUT2D eigenvalue weighted by molar-refractivity contribution is 6.46.